The second-order valence-electron chi connectivity index (χ2n) is 3.33. The van der Waals surface area contributed by atoms with E-state index in [9.17, 15) is 0 Å². The molecule has 0 saturated carbocycles. The highest BCUT2D eigenvalue weighted by Crippen LogP contribution is 2.26. The topological polar surface area (TPSA) is 49.5 Å². The first kappa shape index (κ1) is 13.2. The smallest absolute Gasteiger partial charge is 0.104 e. The fourth-order valence-electron chi connectivity index (χ4n) is 1.49. The SMILES string of the molecule is CCN(CCO)c1ccc(C(N)=S)cc1Cl. The molecule has 0 unspecified atom stereocenters. The highest BCUT2D eigenvalue weighted by Gasteiger charge is 2.09. The third kappa shape index (κ3) is 3.07. The van der Waals surface area contributed by atoms with Crippen molar-refractivity contribution >= 4 is 34.5 Å². The lowest BCUT2D eigenvalue weighted by Crippen LogP contribution is -2.26. The van der Waals surface area contributed by atoms with E-state index in [1.807, 2.05) is 24.0 Å². The lowest BCUT2D eigenvalue weighted by Gasteiger charge is -2.23. The van der Waals surface area contributed by atoms with E-state index < -0.39 is 0 Å². The average molecular weight is 259 g/mol. The van der Waals surface area contributed by atoms with Gasteiger partial charge in [0, 0.05) is 18.7 Å². The summed E-state index contributed by atoms with van der Waals surface area (Å²) >= 11 is 11.0. The first-order chi connectivity index (χ1) is 7.60. The second-order valence-corrected chi connectivity index (χ2v) is 4.18. The number of anilines is 1. The van der Waals surface area contributed by atoms with Crippen LogP contribution in [-0.4, -0.2) is 29.8 Å². The minimum atomic E-state index is 0.0984. The zero-order chi connectivity index (χ0) is 12.1. The number of nitrogens with zero attached hydrogens (tertiary/aromatic N) is 1. The zero-order valence-electron chi connectivity index (χ0n) is 9.11. The van der Waals surface area contributed by atoms with E-state index in [0.29, 0.717) is 16.6 Å². The van der Waals surface area contributed by atoms with Gasteiger partial charge in [0.05, 0.1) is 17.3 Å². The molecule has 5 heteroatoms. The number of thiocarbonyl (C=S) groups is 1. The van der Waals surface area contributed by atoms with Crippen molar-refractivity contribution in [2.45, 2.75) is 6.92 Å². The van der Waals surface area contributed by atoms with Crippen molar-refractivity contribution in [3.05, 3.63) is 28.8 Å². The second kappa shape index (κ2) is 6.03. The molecule has 3 nitrogen and oxygen atoms in total. The first-order valence-electron chi connectivity index (χ1n) is 5.05. The van der Waals surface area contributed by atoms with Gasteiger partial charge in [-0.3, -0.25) is 0 Å². The summed E-state index contributed by atoms with van der Waals surface area (Å²) in [4.78, 5) is 2.32. The molecule has 0 aromatic heterocycles. The molecule has 0 atom stereocenters. The van der Waals surface area contributed by atoms with E-state index in [2.05, 4.69) is 0 Å². The molecule has 1 aromatic rings. The van der Waals surface area contributed by atoms with Crippen molar-refractivity contribution in [3.63, 3.8) is 0 Å². The third-order valence-corrected chi connectivity index (χ3v) is 2.86. The average Bonchev–Trinajstić information content (AvgIpc) is 2.26. The molecule has 0 aliphatic carbocycles. The van der Waals surface area contributed by atoms with E-state index in [4.69, 9.17) is 34.7 Å². The van der Waals surface area contributed by atoms with Crippen molar-refractivity contribution in [2.75, 3.05) is 24.6 Å². The van der Waals surface area contributed by atoms with Crippen LogP contribution in [0.4, 0.5) is 5.69 Å². The van der Waals surface area contributed by atoms with Gasteiger partial charge >= 0.3 is 0 Å². The van der Waals surface area contributed by atoms with Crippen LogP contribution in [0.3, 0.4) is 0 Å². The van der Waals surface area contributed by atoms with Gasteiger partial charge in [0.2, 0.25) is 0 Å². The van der Waals surface area contributed by atoms with E-state index in [0.717, 1.165) is 17.8 Å². The lowest BCUT2D eigenvalue weighted by molar-refractivity contribution is 0.302. The van der Waals surface area contributed by atoms with Crippen LogP contribution in [0.15, 0.2) is 18.2 Å². The molecule has 3 N–H and O–H groups in total. The highest BCUT2D eigenvalue weighted by atomic mass is 35.5. The molecular formula is C11H15ClN2OS. The summed E-state index contributed by atoms with van der Waals surface area (Å²) in [5.41, 5.74) is 7.16. The minimum Gasteiger partial charge on any atom is -0.395 e. The van der Waals surface area contributed by atoms with Gasteiger partial charge < -0.3 is 15.7 Å². The summed E-state index contributed by atoms with van der Waals surface area (Å²) in [6, 6.07) is 5.46. The van der Waals surface area contributed by atoms with Crippen LogP contribution in [0.1, 0.15) is 12.5 Å². The molecule has 0 saturated heterocycles. The van der Waals surface area contributed by atoms with E-state index in [1.165, 1.54) is 0 Å². The largest absolute Gasteiger partial charge is 0.395 e. The molecule has 16 heavy (non-hydrogen) atoms. The van der Waals surface area contributed by atoms with Crippen LogP contribution < -0.4 is 10.6 Å². The molecule has 1 aromatic carbocycles. The molecule has 0 bridgehead atoms. The van der Waals surface area contributed by atoms with Gasteiger partial charge in [-0.05, 0) is 25.1 Å². The van der Waals surface area contributed by atoms with Crippen LogP contribution in [0.5, 0.6) is 0 Å². The first-order valence-corrected chi connectivity index (χ1v) is 5.84. The molecule has 0 amide bonds. The van der Waals surface area contributed by atoms with Gasteiger partial charge in [-0.25, -0.2) is 0 Å². The van der Waals surface area contributed by atoms with Crippen molar-refractivity contribution in [3.8, 4) is 0 Å². The maximum Gasteiger partial charge on any atom is 0.104 e. The Morgan fingerprint density at radius 2 is 2.25 bits per heavy atom. The van der Waals surface area contributed by atoms with Crippen LogP contribution in [-0.2, 0) is 0 Å². The van der Waals surface area contributed by atoms with Crippen molar-refractivity contribution in [1.82, 2.24) is 0 Å². The molecule has 1 rings (SSSR count). The molecule has 0 heterocycles. The number of likely N-dealkylation sites (N-methyl/N-ethyl adjacent to an activating group) is 1. The number of nitrogens with two attached hydrogens (primary N) is 1. The third-order valence-electron chi connectivity index (χ3n) is 2.32. The molecule has 88 valence electrons. The maximum absolute atomic E-state index is 8.94. The Balaban J connectivity index is 3.01. The minimum absolute atomic E-state index is 0.0984. The summed E-state index contributed by atoms with van der Waals surface area (Å²) in [7, 11) is 0. The Labute approximate surface area is 106 Å². The number of halogens is 1. The summed E-state index contributed by atoms with van der Waals surface area (Å²) in [6.45, 7) is 3.45. The van der Waals surface area contributed by atoms with Crippen LogP contribution >= 0.6 is 23.8 Å². The Morgan fingerprint density at radius 3 is 2.69 bits per heavy atom. The zero-order valence-corrected chi connectivity index (χ0v) is 10.7. The molecule has 0 radical (unpaired) electrons. The van der Waals surface area contributed by atoms with Gasteiger partial charge in [-0.2, -0.15) is 0 Å². The molecule has 0 fully saturated rings. The fourth-order valence-corrected chi connectivity index (χ4v) is 1.91. The standard InChI is InChI=1S/C11H15ClN2OS/c1-2-14(5-6-15)10-4-3-8(11(13)16)7-9(10)12/h3-4,7,15H,2,5-6H2,1H3,(H2,13,16). The van der Waals surface area contributed by atoms with Crippen LogP contribution in [0.2, 0.25) is 5.02 Å². The Kier molecular flexibility index (Phi) is 4.99. The molecule has 0 aliphatic heterocycles. The summed E-state index contributed by atoms with van der Waals surface area (Å²) in [6.07, 6.45) is 0. The van der Waals surface area contributed by atoms with Crippen molar-refractivity contribution < 1.29 is 5.11 Å². The number of aliphatic hydroxyl groups excluding tert-OH is 1. The fraction of sp³-hybridized carbons (Fsp3) is 0.364. The number of hydrogen-bond donors (Lipinski definition) is 2. The van der Waals surface area contributed by atoms with Gasteiger partial charge in [0.1, 0.15) is 4.99 Å². The number of hydrogen-bond acceptors (Lipinski definition) is 3. The quantitative estimate of drug-likeness (QED) is 0.791. The number of benzene rings is 1. The van der Waals surface area contributed by atoms with Gasteiger partial charge in [-0.1, -0.05) is 23.8 Å². The molecular weight excluding hydrogens is 244 g/mol. The number of rotatable bonds is 5. The van der Waals surface area contributed by atoms with Crippen molar-refractivity contribution in [1.29, 1.82) is 0 Å². The maximum atomic E-state index is 8.94. The Hall–Kier alpha value is -0.840. The van der Waals surface area contributed by atoms with Gasteiger partial charge in [0.25, 0.3) is 0 Å². The van der Waals surface area contributed by atoms with E-state index in [-0.39, 0.29) is 6.61 Å². The van der Waals surface area contributed by atoms with Crippen LogP contribution in [0.25, 0.3) is 0 Å². The van der Waals surface area contributed by atoms with Crippen LogP contribution in [0, 0.1) is 0 Å². The van der Waals surface area contributed by atoms with Gasteiger partial charge in [-0.15, -0.1) is 0 Å². The van der Waals surface area contributed by atoms with E-state index >= 15 is 0 Å². The molecule has 0 spiro atoms. The normalized spacial score (nSPS) is 10.2. The monoisotopic (exact) mass is 258 g/mol. The Morgan fingerprint density at radius 1 is 1.56 bits per heavy atom. The Bertz CT molecular complexity index is 384. The van der Waals surface area contributed by atoms with Gasteiger partial charge in [0.15, 0.2) is 0 Å². The summed E-state index contributed by atoms with van der Waals surface area (Å²) in [5.74, 6) is 0. The predicted molar refractivity (Wildman–Crippen MR) is 72.3 cm³/mol. The highest BCUT2D eigenvalue weighted by molar-refractivity contribution is 7.80. The number of aliphatic hydroxyl groups is 1. The van der Waals surface area contributed by atoms with E-state index in [1.54, 1.807) is 6.07 Å². The summed E-state index contributed by atoms with van der Waals surface area (Å²) < 4.78 is 0. The summed E-state index contributed by atoms with van der Waals surface area (Å²) in [5, 5.41) is 9.54. The predicted octanol–water partition coefficient (Wildman–Crippen LogP) is 1.79. The molecule has 0 aliphatic rings. The lowest BCUT2D eigenvalue weighted by atomic mass is 10.2. The van der Waals surface area contributed by atoms with Crippen molar-refractivity contribution in [2.24, 2.45) is 5.73 Å².